The topological polar surface area (TPSA) is 84.3 Å². The summed E-state index contributed by atoms with van der Waals surface area (Å²) in [5, 5.41) is 18.8. The Labute approximate surface area is 125 Å². The Morgan fingerprint density at radius 2 is 1.86 bits per heavy atom. The number of carbonyl (C=O) groups is 2. The molecule has 2 aliphatic heterocycles. The SMILES string of the molecule is CCC(C)N1CCN(C(=O)N2C[C@@H](O)C[C@H]2C(=O)O)CC1. The van der Waals surface area contributed by atoms with Gasteiger partial charge in [-0.1, -0.05) is 6.92 Å². The molecule has 2 rings (SSSR count). The van der Waals surface area contributed by atoms with Crippen molar-refractivity contribution in [2.75, 3.05) is 32.7 Å². The first-order chi connectivity index (χ1) is 9.93. The van der Waals surface area contributed by atoms with Gasteiger partial charge in [-0.25, -0.2) is 9.59 Å². The molecule has 1 unspecified atom stereocenters. The zero-order valence-corrected chi connectivity index (χ0v) is 12.7. The second-order valence-corrected chi connectivity index (χ2v) is 5.96. The third-order valence-corrected chi connectivity index (χ3v) is 4.61. The number of carbonyl (C=O) groups excluding carboxylic acids is 1. The van der Waals surface area contributed by atoms with Crippen molar-refractivity contribution in [3.05, 3.63) is 0 Å². The first-order valence-corrected chi connectivity index (χ1v) is 7.64. The molecule has 3 atom stereocenters. The fourth-order valence-electron chi connectivity index (χ4n) is 3.05. The molecule has 7 heteroatoms. The molecule has 0 aromatic carbocycles. The normalized spacial score (nSPS) is 28.7. The first-order valence-electron chi connectivity index (χ1n) is 7.64. The smallest absolute Gasteiger partial charge is 0.326 e. The number of nitrogens with zero attached hydrogens (tertiary/aromatic N) is 3. The minimum atomic E-state index is -1.04. The van der Waals surface area contributed by atoms with Crippen molar-refractivity contribution >= 4 is 12.0 Å². The summed E-state index contributed by atoms with van der Waals surface area (Å²) in [6, 6.07) is -0.662. The molecule has 0 spiro atoms. The van der Waals surface area contributed by atoms with E-state index in [9.17, 15) is 14.7 Å². The van der Waals surface area contributed by atoms with E-state index in [0.717, 1.165) is 19.5 Å². The molecule has 0 saturated carbocycles. The minimum absolute atomic E-state index is 0.112. The van der Waals surface area contributed by atoms with Crippen molar-refractivity contribution in [2.24, 2.45) is 0 Å². The maximum atomic E-state index is 12.5. The number of hydrogen-bond donors (Lipinski definition) is 2. The highest BCUT2D eigenvalue weighted by atomic mass is 16.4. The van der Waals surface area contributed by atoms with Gasteiger partial charge in [0.1, 0.15) is 6.04 Å². The summed E-state index contributed by atoms with van der Waals surface area (Å²) in [6.07, 6.45) is 0.456. The van der Waals surface area contributed by atoms with Gasteiger partial charge in [0.25, 0.3) is 0 Å². The van der Waals surface area contributed by atoms with E-state index in [1.54, 1.807) is 4.90 Å². The number of rotatable bonds is 3. The van der Waals surface area contributed by atoms with E-state index >= 15 is 0 Å². The standard InChI is InChI=1S/C14H25N3O4/c1-3-10(2)15-4-6-16(7-5-15)14(21)17-9-11(18)8-12(17)13(19)20/h10-12,18H,3-9H2,1-2H3,(H,19,20)/t10?,11-,12-/m0/s1. The molecule has 2 aliphatic rings. The van der Waals surface area contributed by atoms with Crippen LogP contribution in [0.4, 0.5) is 4.79 Å². The van der Waals surface area contributed by atoms with Crippen molar-refractivity contribution in [1.82, 2.24) is 14.7 Å². The van der Waals surface area contributed by atoms with Crippen molar-refractivity contribution < 1.29 is 19.8 Å². The average molecular weight is 299 g/mol. The number of piperazine rings is 1. The molecule has 2 heterocycles. The highest BCUT2D eigenvalue weighted by molar-refractivity contribution is 5.83. The van der Waals surface area contributed by atoms with E-state index in [-0.39, 0.29) is 19.0 Å². The maximum absolute atomic E-state index is 12.5. The molecule has 0 radical (unpaired) electrons. The van der Waals surface area contributed by atoms with Crippen LogP contribution in [0.5, 0.6) is 0 Å². The van der Waals surface area contributed by atoms with E-state index in [0.29, 0.717) is 19.1 Å². The van der Waals surface area contributed by atoms with Crippen LogP contribution in [0.3, 0.4) is 0 Å². The van der Waals surface area contributed by atoms with Crippen LogP contribution in [0.15, 0.2) is 0 Å². The second kappa shape index (κ2) is 6.62. The number of carboxylic acids is 1. The van der Waals surface area contributed by atoms with E-state index in [1.807, 2.05) is 0 Å². The zero-order chi connectivity index (χ0) is 15.6. The lowest BCUT2D eigenvalue weighted by Gasteiger charge is -2.39. The quantitative estimate of drug-likeness (QED) is 0.769. The number of likely N-dealkylation sites (tertiary alicyclic amines) is 1. The van der Waals surface area contributed by atoms with Gasteiger partial charge >= 0.3 is 12.0 Å². The Bertz CT molecular complexity index is 396. The van der Waals surface area contributed by atoms with Crippen LogP contribution in [0.2, 0.25) is 0 Å². The Morgan fingerprint density at radius 3 is 2.38 bits per heavy atom. The summed E-state index contributed by atoms with van der Waals surface area (Å²) in [7, 11) is 0. The van der Waals surface area contributed by atoms with Crippen LogP contribution in [0.25, 0.3) is 0 Å². The summed E-state index contributed by atoms with van der Waals surface area (Å²) >= 11 is 0. The molecule has 120 valence electrons. The largest absolute Gasteiger partial charge is 0.480 e. The highest BCUT2D eigenvalue weighted by Gasteiger charge is 2.41. The summed E-state index contributed by atoms with van der Waals surface area (Å²) in [5.74, 6) is -1.04. The molecule has 0 bridgehead atoms. The van der Waals surface area contributed by atoms with Gasteiger partial charge < -0.3 is 20.0 Å². The Hall–Kier alpha value is -1.34. The summed E-state index contributed by atoms with van der Waals surface area (Å²) in [6.45, 7) is 7.29. The van der Waals surface area contributed by atoms with E-state index in [1.165, 1.54) is 4.90 Å². The van der Waals surface area contributed by atoms with Gasteiger partial charge in [-0.05, 0) is 13.3 Å². The molecular formula is C14H25N3O4. The fourth-order valence-corrected chi connectivity index (χ4v) is 3.05. The predicted octanol–water partition coefficient (Wildman–Crippen LogP) is 0.0423. The molecule has 2 N–H and O–H groups in total. The van der Waals surface area contributed by atoms with Crippen LogP contribution in [-0.4, -0.2) is 87.8 Å². The first kappa shape index (κ1) is 16.0. The second-order valence-electron chi connectivity index (χ2n) is 5.96. The molecule has 0 aromatic heterocycles. The predicted molar refractivity (Wildman–Crippen MR) is 77.0 cm³/mol. The average Bonchev–Trinajstić information content (AvgIpc) is 2.88. The Morgan fingerprint density at radius 1 is 1.24 bits per heavy atom. The number of aliphatic carboxylic acids is 1. The summed E-state index contributed by atoms with van der Waals surface area (Å²) in [4.78, 5) is 29.0. The molecule has 0 aromatic rings. The zero-order valence-electron chi connectivity index (χ0n) is 12.7. The van der Waals surface area contributed by atoms with Crippen molar-refractivity contribution in [2.45, 2.75) is 44.9 Å². The van der Waals surface area contributed by atoms with Gasteiger partial charge in [0.05, 0.1) is 6.10 Å². The number of aliphatic hydroxyl groups is 1. The van der Waals surface area contributed by atoms with Gasteiger partial charge in [0.2, 0.25) is 0 Å². The van der Waals surface area contributed by atoms with Gasteiger partial charge in [-0.2, -0.15) is 0 Å². The number of hydrogen-bond acceptors (Lipinski definition) is 4. The lowest BCUT2D eigenvalue weighted by molar-refractivity contribution is -0.141. The van der Waals surface area contributed by atoms with Crippen molar-refractivity contribution in [1.29, 1.82) is 0 Å². The molecule has 2 fully saturated rings. The van der Waals surface area contributed by atoms with Crippen LogP contribution in [0.1, 0.15) is 26.7 Å². The molecule has 21 heavy (non-hydrogen) atoms. The summed E-state index contributed by atoms with van der Waals surface area (Å²) in [5.41, 5.74) is 0. The lowest BCUT2D eigenvalue weighted by atomic mass is 10.2. The van der Waals surface area contributed by atoms with E-state index in [4.69, 9.17) is 5.11 Å². The third kappa shape index (κ3) is 3.47. The molecule has 2 amide bonds. The Balaban J connectivity index is 1.94. The Kier molecular flexibility index (Phi) is 5.05. The number of aliphatic hydroxyl groups excluding tert-OH is 1. The van der Waals surface area contributed by atoms with Gasteiger partial charge in [-0.3, -0.25) is 4.90 Å². The molecule has 0 aliphatic carbocycles. The highest BCUT2D eigenvalue weighted by Crippen LogP contribution is 2.21. The molecule has 7 nitrogen and oxygen atoms in total. The van der Waals surface area contributed by atoms with Gasteiger partial charge in [0, 0.05) is 45.2 Å². The lowest BCUT2D eigenvalue weighted by Crippen LogP contribution is -2.56. The van der Waals surface area contributed by atoms with Gasteiger partial charge in [-0.15, -0.1) is 0 Å². The van der Waals surface area contributed by atoms with Crippen molar-refractivity contribution in [3.63, 3.8) is 0 Å². The number of β-amino-alcohol motifs (C(OH)–C–C–N with tert-alkyl or cyclic N) is 1. The van der Waals surface area contributed by atoms with E-state index in [2.05, 4.69) is 18.7 Å². The monoisotopic (exact) mass is 299 g/mol. The number of urea groups is 1. The van der Waals surface area contributed by atoms with Crippen LogP contribution >= 0.6 is 0 Å². The third-order valence-electron chi connectivity index (χ3n) is 4.61. The van der Waals surface area contributed by atoms with Crippen LogP contribution < -0.4 is 0 Å². The fraction of sp³-hybridized carbons (Fsp3) is 0.857. The van der Waals surface area contributed by atoms with Crippen LogP contribution in [0, 0.1) is 0 Å². The number of amides is 2. The van der Waals surface area contributed by atoms with Crippen LogP contribution in [-0.2, 0) is 4.79 Å². The molecule has 2 saturated heterocycles. The summed E-state index contributed by atoms with van der Waals surface area (Å²) < 4.78 is 0. The van der Waals surface area contributed by atoms with Crippen molar-refractivity contribution in [3.8, 4) is 0 Å². The van der Waals surface area contributed by atoms with E-state index < -0.39 is 18.1 Å². The van der Waals surface area contributed by atoms with Gasteiger partial charge in [0.15, 0.2) is 0 Å². The number of carboxylic acid groups (broad SMARTS) is 1. The minimum Gasteiger partial charge on any atom is -0.480 e. The molecular weight excluding hydrogens is 274 g/mol. The maximum Gasteiger partial charge on any atom is 0.326 e.